The van der Waals surface area contributed by atoms with E-state index in [0.717, 1.165) is 37.4 Å². The van der Waals surface area contributed by atoms with E-state index in [1.165, 1.54) is 11.1 Å². The molecular weight excluding hydrogens is 314 g/mol. The molecule has 2 aromatic rings. The van der Waals surface area contributed by atoms with Crippen LogP contribution in [0.25, 0.3) is 0 Å². The maximum Gasteiger partial charge on any atom is 0.222 e. The van der Waals surface area contributed by atoms with Crippen LogP contribution in [0, 0.1) is 0 Å². The number of likely N-dealkylation sites (tertiary alicyclic amines) is 1. The zero-order chi connectivity index (χ0) is 17.6. The predicted molar refractivity (Wildman–Crippen MR) is 98.2 cm³/mol. The number of methoxy groups -OCH3 is 2. The van der Waals surface area contributed by atoms with Gasteiger partial charge in [-0.1, -0.05) is 36.4 Å². The first kappa shape index (κ1) is 17.3. The highest BCUT2D eigenvalue weighted by Crippen LogP contribution is 2.33. The lowest BCUT2D eigenvalue weighted by molar-refractivity contribution is -0.127. The fourth-order valence-corrected chi connectivity index (χ4v) is 3.46. The third-order valence-electron chi connectivity index (χ3n) is 4.82. The number of carbonyl (C=O) groups is 1. The van der Waals surface area contributed by atoms with Gasteiger partial charge in [0.2, 0.25) is 5.91 Å². The van der Waals surface area contributed by atoms with E-state index in [1.54, 1.807) is 14.2 Å². The molecule has 1 aliphatic rings. The Labute approximate surface area is 149 Å². The summed E-state index contributed by atoms with van der Waals surface area (Å²) in [7, 11) is 3.29. The molecule has 0 bridgehead atoms. The number of hydrogen-bond acceptors (Lipinski definition) is 3. The Morgan fingerprint density at radius 2 is 1.80 bits per heavy atom. The monoisotopic (exact) mass is 339 g/mol. The van der Waals surface area contributed by atoms with Crippen molar-refractivity contribution in [2.45, 2.75) is 25.2 Å². The Morgan fingerprint density at radius 1 is 1.04 bits per heavy atom. The molecule has 0 unspecified atom stereocenters. The van der Waals surface area contributed by atoms with Crippen molar-refractivity contribution in [1.82, 2.24) is 4.90 Å². The van der Waals surface area contributed by atoms with E-state index in [2.05, 4.69) is 30.3 Å². The van der Waals surface area contributed by atoms with Gasteiger partial charge in [0, 0.05) is 25.4 Å². The summed E-state index contributed by atoms with van der Waals surface area (Å²) in [6, 6.07) is 16.5. The summed E-state index contributed by atoms with van der Waals surface area (Å²) in [6.07, 6.45) is 2.52. The maximum absolute atomic E-state index is 12.1. The molecule has 4 heteroatoms. The van der Waals surface area contributed by atoms with Gasteiger partial charge in [-0.2, -0.15) is 0 Å². The van der Waals surface area contributed by atoms with Gasteiger partial charge in [0.25, 0.3) is 0 Å². The zero-order valence-corrected chi connectivity index (χ0v) is 14.9. The summed E-state index contributed by atoms with van der Waals surface area (Å²) in [5.74, 6) is 1.94. The van der Waals surface area contributed by atoms with Gasteiger partial charge in [-0.25, -0.2) is 0 Å². The summed E-state index contributed by atoms with van der Waals surface area (Å²) in [4.78, 5) is 14.1. The van der Waals surface area contributed by atoms with E-state index in [4.69, 9.17) is 9.47 Å². The number of rotatable bonds is 7. The van der Waals surface area contributed by atoms with Crippen LogP contribution < -0.4 is 9.47 Å². The van der Waals surface area contributed by atoms with Crippen molar-refractivity contribution in [3.05, 3.63) is 59.7 Å². The van der Waals surface area contributed by atoms with Crippen molar-refractivity contribution in [1.29, 1.82) is 0 Å². The molecule has 0 radical (unpaired) electrons. The maximum atomic E-state index is 12.1. The largest absolute Gasteiger partial charge is 0.493 e. The number of benzene rings is 2. The van der Waals surface area contributed by atoms with Crippen LogP contribution in [0.3, 0.4) is 0 Å². The van der Waals surface area contributed by atoms with Gasteiger partial charge in [-0.05, 0) is 36.1 Å². The second kappa shape index (κ2) is 8.06. The van der Waals surface area contributed by atoms with Crippen molar-refractivity contribution in [2.75, 3.05) is 27.3 Å². The van der Waals surface area contributed by atoms with E-state index in [1.807, 2.05) is 23.1 Å². The molecule has 1 saturated heterocycles. The fraction of sp³-hybridized carbons (Fsp3) is 0.381. The average molecular weight is 339 g/mol. The molecule has 0 aromatic heterocycles. The standard InChI is InChI=1S/C21H25NO3/c1-24-19-11-10-17(14-20(19)25-2)18(13-16-7-4-3-5-8-16)15-22-12-6-9-21(22)23/h3-5,7-8,10-11,14,18H,6,9,12-13,15H2,1-2H3/t18-/m0/s1. The average Bonchev–Trinajstić information content (AvgIpc) is 3.06. The smallest absolute Gasteiger partial charge is 0.222 e. The summed E-state index contributed by atoms with van der Waals surface area (Å²) < 4.78 is 10.8. The number of hydrogen-bond donors (Lipinski definition) is 0. The Bertz CT molecular complexity index is 714. The van der Waals surface area contributed by atoms with Crippen molar-refractivity contribution in [3.63, 3.8) is 0 Å². The van der Waals surface area contributed by atoms with E-state index >= 15 is 0 Å². The molecule has 0 N–H and O–H groups in total. The van der Waals surface area contributed by atoms with Crippen LogP contribution in [-0.4, -0.2) is 38.1 Å². The van der Waals surface area contributed by atoms with Gasteiger partial charge in [0.1, 0.15) is 0 Å². The molecule has 25 heavy (non-hydrogen) atoms. The van der Waals surface area contributed by atoms with Crippen LogP contribution in [0.2, 0.25) is 0 Å². The highest BCUT2D eigenvalue weighted by Gasteiger charge is 2.25. The Hall–Kier alpha value is -2.49. The molecule has 1 heterocycles. The third-order valence-corrected chi connectivity index (χ3v) is 4.82. The number of nitrogens with zero attached hydrogens (tertiary/aromatic N) is 1. The van der Waals surface area contributed by atoms with Crippen LogP contribution >= 0.6 is 0 Å². The molecule has 132 valence electrons. The minimum atomic E-state index is 0.226. The summed E-state index contributed by atoms with van der Waals surface area (Å²) in [6.45, 7) is 1.60. The molecule has 3 rings (SSSR count). The van der Waals surface area contributed by atoms with E-state index in [9.17, 15) is 4.79 Å². The highest BCUT2D eigenvalue weighted by molar-refractivity contribution is 5.78. The lowest BCUT2D eigenvalue weighted by Crippen LogP contribution is -2.30. The van der Waals surface area contributed by atoms with Crippen molar-refractivity contribution in [3.8, 4) is 11.5 Å². The topological polar surface area (TPSA) is 38.8 Å². The van der Waals surface area contributed by atoms with E-state index in [0.29, 0.717) is 6.42 Å². The second-order valence-corrected chi connectivity index (χ2v) is 6.44. The number of ether oxygens (including phenoxy) is 2. The van der Waals surface area contributed by atoms with Gasteiger partial charge in [-0.3, -0.25) is 4.79 Å². The Balaban J connectivity index is 1.88. The molecule has 1 atom stereocenters. The molecule has 4 nitrogen and oxygen atoms in total. The van der Waals surface area contributed by atoms with Gasteiger partial charge < -0.3 is 14.4 Å². The highest BCUT2D eigenvalue weighted by atomic mass is 16.5. The van der Waals surface area contributed by atoms with Crippen molar-refractivity contribution >= 4 is 5.91 Å². The Morgan fingerprint density at radius 3 is 2.44 bits per heavy atom. The first-order valence-electron chi connectivity index (χ1n) is 8.75. The quantitative estimate of drug-likeness (QED) is 0.773. The van der Waals surface area contributed by atoms with Crippen LogP contribution in [0.4, 0.5) is 0 Å². The lowest BCUT2D eigenvalue weighted by Gasteiger charge is -2.25. The van der Waals surface area contributed by atoms with Crippen molar-refractivity contribution < 1.29 is 14.3 Å². The first-order valence-corrected chi connectivity index (χ1v) is 8.75. The minimum absolute atomic E-state index is 0.226. The van der Waals surface area contributed by atoms with Gasteiger partial charge in [0.15, 0.2) is 11.5 Å². The molecule has 0 spiro atoms. The van der Waals surface area contributed by atoms with Gasteiger partial charge >= 0.3 is 0 Å². The molecule has 1 aliphatic heterocycles. The minimum Gasteiger partial charge on any atom is -0.493 e. The van der Waals surface area contributed by atoms with Gasteiger partial charge in [-0.15, -0.1) is 0 Å². The molecule has 1 fully saturated rings. The van der Waals surface area contributed by atoms with Crippen LogP contribution in [0.5, 0.6) is 11.5 Å². The SMILES string of the molecule is COc1ccc([C@@H](Cc2ccccc2)CN2CCCC2=O)cc1OC. The molecule has 0 saturated carbocycles. The number of carbonyl (C=O) groups excluding carboxylic acids is 1. The second-order valence-electron chi connectivity index (χ2n) is 6.44. The number of amides is 1. The van der Waals surface area contributed by atoms with Crippen LogP contribution in [0.1, 0.15) is 29.9 Å². The van der Waals surface area contributed by atoms with E-state index in [-0.39, 0.29) is 11.8 Å². The molecular formula is C21H25NO3. The normalized spacial score (nSPS) is 15.3. The third kappa shape index (κ3) is 4.13. The predicted octanol–water partition coefficient (Wildman–Crippen LogP) is 3.65. The van der Waals surface area contributed by atoms with Gasteiger partial charge in [0.05, 0.1) is 14.2 Å². The Kier molecular flexibility index (Phi) is 5.59. The van der Waals surface area contributed by atoms with E-state index < -0.39 is 0 Å². The lowest BCUT2D eigenvalue weighted by atomic mass is 9.91. The van der Waals surface area contributed by atoms with Crippen LogP contribution in [-0.2, 0) is 11.2 Å². The fourth-order valence-electron chi connectivity index (χ4n) is 3.46. The van der Waals surface area contributed by atoms with Crippen molar-refractivity contribution in [2.24, 2.45) is 0 Å². The summed E-state index contributed by atoms with van der Waals surface area (Å²) in [5.41, 5.74) is 2.44. The molecule has 0 aliphatic carbocycles. The van der Waals surface area contributed by atoms with Crippen LogP contribution in [0.15, 0.2) is 48.5 Å². The zero-order valence-electron chi connectivity index (χ0n) is 14.9. The summed E-state index contributed by atoms with van der Waals surface area (Å²) >= 11 is 0. The molecule has 2 aromatic carbocycles. The molecule has 1 amide bonds. The summed E-state index contributed by atoms with van der Waals surface area (Å²) in [5, 5.41) is 0. The first-order chi connectivity index (χ1) is 12.2.